The lowest BCUT2D eigenvalue weighted by atomic mass is 10.2. The number of benzene rings is 1. The molecule has 1 aliphatic rings. The fourth-order valence-electron chi connectivity index (χ4n) is 2.25. The Morgan fingerprint density at radius 3 is 2.61 bits per heavy atom. The van der Waals surface area contributed by atoms with Gasteiger partial charge in [-0.05, 0) is 44.5 Å². The van der Waals surface area contributed by atoms with Gasteiger partial charge in [0, 0.05) is 11.6 Å². The molecule has 0 bridgehead atoms. The SMILES string of the molecule is CC1=NC(=Cc2ccc(OC(C)C)cc2)C(=O)N1c1nccs1. The third-order valence-corrected chi connectivity index (χ3v) is 3.95. The van der Waals surface area contributed by atoms with Gasteiger partial charge >= 0.3 is 0 Å². The summed E-state index contributed by atoms with van der Waals surface area (Å²) < 4.78 is 5.61. The predicted molar refractivity (Wildman–Crippen MR) is 92.9 cm³/mol. The minimum atomic E-state index is -0.153. The average molecular weight is 327 g/mol. The van der Waals surface area contributed by atoms with Crippen LogP contribution in [-0.2, 0) is 4.79 Å². The van der Waals surface area contributed by atoms with E-state index in [-0.39, 0.29) is 12.0 Å². The number of amides is 1. The lowest BCUT2D eigenvalue weighted by Gasteiger charge is -2.11. The van der Waals surface area contributed by atoms with Crippen molar-refractivity contribution in [3.8, 4) is 5.75 Å². The number of aromatic nitrogens is 1. The van der Waals surface area contributed by atoms with Crippen LogP contribution < -0.4 is 9.64 Å². The van der Waals surface area contributed by atoms with E-state index in [1.165, 1.54) is 16.2 Å². The van der Waals surface area contributed by atoms with Crippen molar-refractivity contribution in [3.05, 3.63) is 47.1 Å². The first-order valence-electron chi connectivity index (χ1n) is 7.32. The van der Waals surface area contributed by atoms with E-state index in [9.17, 15) is 4.79 Å². The fraction of sp³-hybridized carbons (Fsp3) is 0.235. The number of thiazole rings is 1. The van der Waals surface area contributed by atoms with E-state index in [0.717, 1.165) is 11.3 Å². The highest BCUT2D eigenvalue weighted by molar-refractivity contribution is 7.14. The van der Waals surface area contributed by atoms with Gasteiger partial charge in [-0.2, -0.15) is 0 Å². The highest BCUT2D eigenvalue weighted by atomic mass is 32.1. The number of amidine groups is 1. The van der Waals surface area contributed by atoms with Crippen molar-refractivity contribution in [1.29, 1.82) is 0 Å². The molecule has 1 aliphatic heterocycles. The molecule has 2 heterocycles. The molecular formula is C17H17N3O2S. The number of rotatable bonds is 4. The molecule has 0 fully saturated rings. The molecule has 1 aromatic heterocycles. The molecule has 3 rings (SSSR count). The molecule has 0 N–H and O–H groups in total. The summed E-state index contributed by atoms with van der Waals surface area (Å²) in [7, 11) is 0. The Hall–Kier alpha value is -2.47. The summed E-state index contributed by atoms with van der Waals surface area (Å²) in [6.07, 6.45) is 3.59. The third-order valence-electron chi connectivity index (χ3n) is 3.19. The smallest absolute Gasteiger partial charge is 0.284 e. The van der Waals surface area contributed by atoms with Crippen LogP contribution in [0.25, 0.3) is 6.08 Å². The minimum Gasteiger partial charge on any atom is -0.491 e. The van der Waals surface area contributed by atoms with Gasteiger partial charge in [-0.3, -0.25) is 4.79 Å². The van der Waals surface area contributed by atoms with Gasteiger partial charge in [0.1, 0.15) is 17.3 Å². The molecule has 0 spiro atoms. The number of hydrogen-bond acceptors (Lipinski definition) is 5. The maximum atomic E-state index is 12.5. The van der Waals surface area contributed by atoms with Gasteiger partial charge < -0.3 is 4.74 Å². The molecular weight excluding hydrogens is 310 g/mol. The van der Waals surface area contributed by atoms with Crippen LogP contribution in [0.15, 0.2) is 46.5 Å². The van der Waals surface area contributed by atoms with Crippen LogP contribution in [0.4, 0.5) is 5.13 Å². The van der Waals surface area contributed by atoms with Crippen molar-refractivity contribution in [2.45, 2.75) is 26.9 Å². The Morgan fingerprint density at radius 1 is 1.26 bits per heavy atom. The van der Waals surface area contributed by atoms with Gasteiger partial charge in [0.2, 0.25) is 0 Å². The molecule has 2 aromatic rings. The first kappa shape index (κ1) is 15.4. The summed E-state index contributed by atoms with van der Waals surface area (Å²) in [6.45, 7) is 5.77. The Labute approximate surface area is 139 Å². The predicted octanol–water partition coefficient (Wildman–Crippen LogP) is 3.74. The zero-order chi connectivity index (χ0) is 16.4. The summed E-state index contributed by atoms with van der Waals surface area (Å²) in [5, 5.41) is 2.48. The Balaban J connectivity index is 1.82. The second kappa shape index (κ2) is 6.34. The monoisotopic (exact) mass is 327 g/mol. The molecule has 1 aromatic carbocycles. The van der Waals surface area contributed by atoms with Gasteiger partial charge in [-0.25, -0.2) is 14.9 Å². The molecule has 1 amide bonds. The van der Waals surface area contributed by atoms with E-state index in [0.29, 0.717) is 16.7 Å². The molecule has 0 aliphatic carbocycles. The zero-order valence-corrected chi connectivity index (χ0v) is 14.0. The van der Waals surface area contributed by atoms with Crippen LogP contribution in [0.1, 0.15) is 26.3 Å². The highest BCUT2D eigenvalue weighted by Gasteiger charge is 2.30. The summed E-state index contributed by atoms with van der Waals surface area (Å²) in [6, 6.07) is 7.60. The van der Waals surface area contributed by atoms with Crippen molar-refractivity contribution in [2.75, 3.05) is 4.90 Å². The normalized spacial score (nSPS) is 16.3. The van der Waals surface area contributed by atoms with Crippen molar-refractivity contribution >= 4 is 34.3 Å². The molecule has 23 heavy (non-hydrogen) atoms. The van der Waals surface area contributed by atoms with Crippen molar-refractivity contribution in [2.24, 2.45) is 4.99 Å². The maximum Gasteiger partial charge on any atom is 0.284 e. The van der Waals surface area contributed by atoms with Crippen molar-refractivity contribution in [3.63, 3.8) is 0 Å². The van der Waals surface area contributed by atoms with Crippen molar-refractivity contribution in [1.82, 2.24) is 4.98 Å². The lowest BCUT2D eigenvalue weighted by Crippen LogP contribution is -2.29. The number of carbonyl (C=O) groups is 1. The summed E-state index contributed by atoms with van der Waals surface area (Å²) in [4.78, 5) is 22.6. The molecule has 5 nitrogen and oxygen atoms in total. The van der Waals surface area contributed by atoms with E-state index in [4.69, 9.17) is 4.74 Å². The summed E-state index contributed by atoms with van der Waals surface area (Å²) >= 11 is 1.41. The van der Waals surface area contributed by atoms with Crippen LogP contribution >= 0.6 is 11.3 Å². The van der Waals surface area contributed by atoms with E-state index in [1.54, 1.807) is 19.2 Å². The molecule has 0 radical (unpaired) electrons. The highest BCUT2D eigenvalue weighted by Crippen LogP contribution is 2.26. The first-order chi connectivity index (χ1) is 11.0. The van der Waals surface area contributed by atoms with E-state index >= 15 is 0 Å². The van der Waals surface area contributed by atoms with Crippen LogP contribution in [0, 0.1) is 0 Å². The van der Waals surface area contributed by atoms with Crippen LogP contribution in [0.2, 0.25) is 0 Å². The maximum absolute atomic E-state index is 12.5. The molecule has 118 valence electrons. The van der Waals surface area contributed by atoms with E-state index < -0.39 is 0 Å². The largest absolute Gasteiger partial charge is 0.491 e. The second-order valence-corrected chi connectivity index (χ2v) is 6.25. The first-order valence-corrected chi connectivity index (χ1v) is 8.20. The third kappa shape index (κ3) is 3.32. The molecule has 0 saturated carbocycles. The lowest BCUT2D eigenvalue weighted by molar-refractivity contribution is -0.113. The number of nitrogens with zero attached hydrogens (tertiary/aromatic N) is 3. The van der Waals surface area contributed by atoms with Gasteiger partial charge in [0.25, 0.3) is 5.91 Å². The van der Waals surface area contributed by atoms with E-state index in [1.807, 2.05) is 43.5 Å². The number of anilines is 1. The van der Waals surface area contributed by atoms with Crippen LogP contribution in [0.3, 0.4) is 0 Å². The Bertz CT molecular complexity index is 762. The Kier molecular flexibility index (Phi) is 4.25. The number of hydrogen-bond donors (Lipinski definition) is 0. The van der Waals surface area contributed by atoms with Gasteiger partial charge in [-0.15, -0.1) is 11.3 Å². The molecule has 0 unspecified atom stereocenters. The van der Waals surface area contributed by atoms with Crippen molar-refractivity contribution < 1.29 is 9.53 Å². The van der Waals surface area contributed by atoms with Gasteiger partial charge in [-0.1, -0.05) is 12.1 Å². The number of ether oxygens (including phenoxy) is 1. The standard InChI is InChI=1S/C17H17N3O2S/c1-11(2)22-14-6-4-13(5-7-14)10-15-16(21)20(12(3)19-15)17-18-8-9-23-17/h4-11H,1-3H3. The zero-order valence-electron chi connectivity index (χ0n) is 13.2. The molecule has 0 atom stereocenters. The second-order valence-electron chi connectivity index (χ2n) is 5.38. The summed E-state index contributed by atoms with van der Waals surface area (Å²) in [5.74, 6) is 1.29. The number of carbonyl (C=O) groups excluding carboxylic acids is 1. The van der Waals surface area contributed by atoms with Gasteiger partial charge in [0.05, 0.1) is 6.10 Å². The van der Waals surface area contributed by atoms with Crippen LogP contribution in [-0.4, -0.2) is 22.8 Å². The number of aliphatic imine (C=N–C) groups is 1. The quantitative estimate of drug-likeness (QED) is 0.804. The van der Waals surface area contributed by atoms with E-state index in [2.05, 4.69) is 9.98 Å². The summed E-state index contributed by atoms with van der Waals surface area (Å²) in [5.41, 5.74) is 1.32. The van der Waals surface area contributed by atoms with Gasteiger partial charge in [0.15, 0.2) is 5.13 Å². The topological polar surface area (TPSA) is 54.8 Å². The molecule has 0 saturated heterocycles. The average Bonchev–Trinajstić information content (AvgIpc) is 3.10. The van der Waals surface area contributed by atoms with Crippen LogP contribution in [0.5, 0.6) is 5.75 Å². The molecule has 6 heteroatoms. The fourth-order valence-corrected chi connectivity index (χ4v) is 2.94. The Morgan fingerprint density at radius 2 is 2.00 bits per heavy atom. The minimum absolute atomic E-state index is 0.134.